The number of likely N-dealkylation sites (tertiary alicyclic amines) is 1. The number of aromatic nitrogens is 1. The number of amides is 2. The van der Waals surface area contributed by atoms with Gasteiger partial charge in [-0.2, -0.15) is 0 Å². The molecule has 230 valence electrons. The van der Waals surface area contributed by atoms with E-state index in [0.717, 1.165) is 27.6 Å². The van der Waals surface area contributed by atoms with Gasteiger partial charge in [0.1, 0.15) is 6.04 Å². The first-order valence-corrected chi connectivity index (χ1v) is 16.6. The fourth-order valence-corrected chi connectivity index (χ4v) is 8.00. The van der Waals surface area contributed by atoms with Crippen molar-refractivity contribution in [1.82, 2.24) is 19.9 Å². The van der Waals surface area contributed by atoms with E-state index in [1.165, 1.54) is 0 Å². The number of hydrogen-bond acceptors (Lipinski definition) is 5. The maximum absolute atomic E-state index is 14.0. The monoisotopic (exact) mass is 613 g/mol. The van der Waals surface area contributed by atoms with E-state index in [9.17, 15) is 18.0 Å². The minimum atomic E-state index is -3.71. The summed E-state index contributed by atoms with van der Waals surface area (Å²) >= 11 is 0. The standard InChI is InChI=1S/C34H39N5O4S/c1-33(2,35)32(41)37-29(20-23-22-36-28-15-9-7-12-25(23)28)31(40)39-18-16-34(17-19-39)21-30(26-13-6-8-14-27(26)34)38-44(42,43)24-10-4-3-5-11-24/h3-15,22,29-30,36,38H,16-21,35H2,1-2H3,(H,37,41)/t29-,30?/m1/s1. The lowest BCUT2D eigenvalue weighted by atomic mass is 9.73. The van der Waals surface area contributed by atoms with Crippen molar-refractivity contribution in [3.63, 3.8) is 0 Å². The zero-order chi connectivity index (χ0) is 31.1. The molecule has 1 aliphatic carbocycles. The van der Waals surface area contributed by atoms with Crippen LogP contribution in [-0.4, -0.2) is 54.8 Å². The predicted octanol–water partition coefficient (Wildman–Crippen LogP) is 3.92. The molecule has 3 aromatic carbocycles. The van der Waals surface area contributed by atoms with Crippen molar-refractivity contribution in [2.75, 3.05) is 13.1 Å². The van der Waals surface area contributed by atoms with Gasteiger partial charge < -0.3 is 20.9 Å². The number of hydrogen-bond donors (Lipinski definition) is 4. The van der Waals surface area contributed by atoms with Crippen molar-refractivity contribution in [2.24, 2.45) is 5.73 Å². The van der Waals surface area contributed by atoms with Gasteiger partial charge in [0, 0.05) is 48.1 Å². The van der Waals surface area contributed by atoms with Gasteiger partial charge in [-0.3, -0.25) is 9.59 Å². The Labute approximate surface area is 258 Å². The number of nitrogens with zero attached hydrogens (tertiary/aromatic N) is 1. The van der Waals surface area contributed by atoms with E-state index >= 15 is 0 Å². The quantitative estimate of drug-likeness (QED) is 0.239. The zero-order valence-corrected chi connectivity index (χ0v) is 25.9. The predicted molar refractivity (Wildman–Crippen MR) is 170 cm³/mol. The summed E-state index contributed by atoms with van der Waals surface area (Å²) in [6.07, 6.45) is 4.22. The Morgan fingerprint density at radius 1 is 1.00 bits per heavy atom. The molecule has 1 aliphatic heterocycles. The smallest absolute Gasteiger partial charge is 0.245 e. The first kappa shape index (κ1) is 30.1. The first-order valence-electron chi connectivity index (χ1n) is 15.1. The molecule has 1 unspecified atom stereocenters. The number of benzene rings is 3. The topological polar surface area (TPSA) is 137 Å². The number of sulfonamides is 1. The fourth-order valence-electron chi connectivity index (χ4n) is 6.77. The highest BCUT2D eigenvalue weighted by Gasteiger charge is 2.47. The lowest BCUT2D eigenvalue weighted by molar-refractivity contribution is -0.138. The first-order chi connectivity index (χ1) is 21.0. The Morgan fingerprint density at radius 3 is 2.39 bits per heavy atom. The van der Waals surface area contributed by atoms with E-state index in [2.05, 4.69) is 21.1 Å². The highest BCUT2D eigenvalue weighted by molar-refractivity contribution is 7.89. The van der Waals surface area contributed by atoms with E-state index < -0.39 is 21.6 Å². The Hall–Kier alpha value is -3.99. The van der Waals surface area contributed by atoms with Gasteiger partial charge in [0.2, 0.25) is 21.8 Å². The van der Waals surface area contributed by atoms with Gasteiger partial charge >= 0.3 is 0 Å². The summed E-state index contributed by atoms with van der Waals surface area (Å²) in [5, 5.41) is 3.95. The van der Waals surface area contributed by atoms with Gasteiger partial charge in [0.15, 0.2) is 0 Å². The molecule has 6 rings (SSSR count). The molecule has 4 aromatic rings. The molecule has 0 bridgehead atoms. The van der Waals surface area contributed by atoms with Crippen LogP contribution in [0.15, 0.2) is 90.0 Å². The van der Waals surface area contributed by atoms with Gasteiger partial charge in [0.25, 0.3) is 0 Å². The number of nitrogens with two attached hydrogens (primary N) is 1. The Kier molecular flexibility index (Phi) is 7.85. The van der Waals surface area contributed by atoms with E-state index in [1.807, 2.05) is 53.6 Å². The van der Waals surface area contributed by atoms with Crippen LogP contribution >= 0.6 is 0 Å². The van der Waals surface area contributed by atoms with Gasteiger partial charge in [0.05, 0.1) is 10.4 Å². The molecule has 10 heteroatoms. The molecular weight excluding hydrogens is 574 g/mol. The number of rotatable bonds is 8. The molecule has 2 heterocycles. The van der Waals surface area contributed by atoms with Crippen LogP contribution in [0.25, 0.3) is 10.9 Å². The number of aromatic amines is 1. The molecule has 5 N–H and O–H groups in total. The number of piperidine rings is 1. The number of carbonyl (C=O) groups is 2. The lowest BCUT2D eigenvalue weighted by Gasteiger charge is -2.41. The summed E-state index contributed by atoms with van der Waals surface area (Å²) in [4.78, 5) is 32.4. The Balaban J connectivity index is 1.21. The van der Waals surface area contributed by atoms with E-state index in [1.54, 1.807) is 44.2 Å². The van der Waals surface area contributed by atoms with Crippen molar-refractivity contribution in [3.8, 4) is 0 Å². The second kappa shape index (κ2) is 11.5. The molecule has 1 fully saturated rings. The number of fused-ring (bicyclic) bond motifs is 3. The second-order valence-electron chi connectivity index (χ2n) is 12.7. The third-order valence-corrected chi connectivity index (χ3v) is 10.7. The molecule has 1 spiro atoms. The van der Waals surface area contributed by atoms with Gasteiger partial charge in [-0.15, -0.1) is 0 Å². The molecule has 1 aromatic heterocycles. The van der Waals surface area contributed by atoms with Gasteiger partial charge in [-0.05, 0) is 68.0 Å². The number of H-pyrrole nitrogens is 1. The normalized spacial score (nSPS) is 18.7. The van der Waals surface area contributed by atoms with Crippen LogP contribution in [-0.2, 0) is 31.4 Å². The van der Waals surface area contributed by atoms with E-state index in [-0.39, 0.29) is 28.2 Å². The average Bonchev–Trinajstić information content (AvgIpc) is 3.55. The summed E-state index contributed by atoms with van der Waals surface area (Å²) in [5.41, 5.74) is 8.74. The number of carbonyl (C=O) groups excluding carboxylic acids is 2. The summed E-state index contributed by atoms with van der Waals surface area (Å²) in [7, 11) is -3.71. The average molecular weight is 614 g/mol. The largest absolute Gasteiger partial charge is 0.361 e. The van der Waals surface area contributed by atoms with E-state index in [0.29, 0.717) is 38.8 Å². The summed E-state index contributed by atoms with van der Waals surface area (Å²) in [6, 6.07) is 23.2. The van der Waals surface area contributed by atoms with E-state index in [4.69, 9.17) is 5.73 Å². The molecule has 2 amide bonds. The third-order valence-electron chi connectivity index (χ3n) is 9.17. The number of nitrogens with one attached hydrogen (secondary N) is 3. The van der Waals surface area contributed by atoms with Crippen molar-refractivity contribution in [1.29, 1.82) is 0 Å². The molecule has 44 heavy (non-hydrogen) atoms. The molecular formula is C34H39N5O4S. The molecule has 2 aliphatic rings. The molecule has 0 saturated carbocycles. The van der Waals surface area contributed by atoms with Crippen molar-refractivity contribution in [2.45, 2.75) is 67.5 Å². The SMILES string of the molecule is CC(C)(N)C(=O)N[C@H](Cc1c[nH]c2ccccc12)C(=O)N1CCC2(CC1)CC(NS(=O)(=O)c1ccccc1)c1ccccc12. The van der Waals surface area contributed by atoms with Crippen molar-refractivity contribution in [3.05, 3.63) is 102 Å². The number of para-hydroxylation sites is 1. The van der Waals surface area contributed by atoms with Crippen LogP contribution in [0, 0.1) is 0 Å². The minimum Gasteiger partial charge on any atom is -0.361 e. The Bertz CT molecular complexity index is 1790. The van der Waals surface area contributed by atoms with Crippen molar-refractivity contribution < 1.29 is 18.0 Å². The second-order valence-corrected chi connectivity index (χ2v) is 14.4. The maximum atomic E-state index is 14.0. The Morgan fingerprint density at radius 2 is 1.66 bits per heavy atom. The van der Waals surface area contributed by atoms with Crippen LogP contribution in [0.5, 0.6) is 0 Å². The third kappa shape index (κ3) is 5.77. The van der Waals surface area contributed by atoms with Gasteiger partial charge in [-0.1, -0.05) is 60.7 Å². The lowest BCUT2D eigenvalue weighted by Crippen LogP contribution is -2.58. The summed E-state index contributed by atoms with van der Waals surface area (Å²) in [5.74, 6) is -0.530. The molecule has 9 nitrogen and oxygen atoms in total. The zero-order valence-electron chi connectivity index (χ0n) is 25.0. The molecule has 1 saturated heterocycles. The van der Waals surface area contributed by atoms with Crippen molar-refractivity contribution >= 4 is 32.7 Å². The summed E-state index contributed by atoms with van der Waals surface area (Å²) < 4.78 is 29.4. The van der Waals surface area contributed by atoms with Crippen LogP contribution in [0.3, 0.4) is 0 Å². The van der Waals surface area contributed by atoms with Crippen LogP contribution < -0.4 is 15.8 Å². The van der Waals surface area contributed by atoms with Crippen LogP contribution in [0.1, 0.15) is 55.8 Å². The van der Waals surface area contributed by atoms with Gasteiger partial charge in [-0.25, -0.2) is 13.1 Å². The van der Waals surface area contributed by atoms with Crippen LogP contribution in [0.2, 0.25) is 0 Å². The summed E-state index contributed by atoms with van der Waals surface area (Å²) in [6.45, 7) is 4.25. The highest BCUT2D eigenvalue weighted by Crippen LogP contribution is 2.51. The molecule has 0 radical (unpaired) electrons. The minimum absolute atomic E-state index is 0.143. The molecule has 2 atom stereocenters. The fraction of sp³-hybridized carbons (Fsp3) is 0.353. The van der Waals surface area contributed by atoms with Crippen LogP contribution in [0.4, 0.5) is 0 Å². The maximum Gasteiger partial charge on any atom is 0.245 e. The highest BCUT2D eigenvalue weighted by atomic mass is 32.2.